The fraction of sp³-hybridized carbons (Fsp3) is 0.476. The van der Waals surface area contributed by atoms with Crippen LogP contribution >= 0.6 is 0 Å². The van der Waals surface area contributed by atoms with E-state index in [9.17, 15) is 14.0 Å². The largest absolute Gasteiger partial charge is 0.487 e. The molecule has 0 aliphatic carbocycles. The quantitative estimate of drug-likeness (QED) is 0.773. The molecule has 0 unspecified atom stereocenters. The zero-order valence-corrected chi connectivity index (χ0v) is 16.9. The molecule has 1 N–H and O–H groups in total. The number of halogens is 1. The normalized spacial score (nSPS) is 16.5. The fourth-order valence-corrected chi connectivity index (χ4v) is 3.58. The second kappa shape index (κ2) is 9.54. The molecule has 0 spiro atoms. The number of hydrogen-bond donors (Lipinski definition) is 1. The van der Waals surface area contributed by atoms with E-state index in [4.69, 9.17) is 4.74 Å². The number of carbonyl (C=O) groups is 2. The van der Waals surface area contributed by atoms with Crippen LogP contribution in [0.2, 0.25) is 0 Å². The lowest BCUT2D eigenvalue weighted by Gasteiger charge is -2.34. The Morgan fingerprint density at radius 2 is 2.10 bits per heavy atom. The molecule has 29 heavy (non-hydrogen) atoms. The Labute approximate surface area is 169 Å². The lowest BCUT2D eigenvalue weighted by atomic mass is 9.96. The molecule has 0 radical (unpaired) electrons. The van der Waals surface area contributed by atoms with E-state index >= 15 is 0 Å². The maximum absolute atomic E-state index is 13.2. The molecule has 1 atom stereocenters. The van der Waals surface area contributed by atoms with Gasteiger partial charge in [-0.15, -0.1) is 0 Å². The van der Waals surface area contributed by atoms with Gasteiger partial charge in [-0.2, -0.15) is 5.10 Å². The molecule has 2 aromatic rings. The summed E-state index contributed by atoms with van der Waals surface area (Å²) in [7, 11) is 0. The van der Waals surface area contributed by atoms with Crippen LogP contribution in [0.25, 0.3) is 0 Å². The summed E-state index contributed by atoms with van der Waals surface area (Å²) in [5.41, 5.74) is 0.907. The molecular weight excluding hydrogens is 375 g/mol. The van der Waals surface area contributed by atoms with Crippen molar-refractivity contribution in [1.82, 2.24) is 20.0 Å². The predicted molar refractivity (Wildman–Crippen MR) is 106 cm³/mol. The highest BCUT2D eigenvalue weighted by Crippen LogP contribution is 2.21. The SMILES string of the molecule is CCN(CC)C(=O)[C@@H]1CCCN(C(=O)c2cc(COc3cccc(F)c3)[nH]n2)C1. The van der Waals surface area contributed by atoms with Crippen LogP contribution in [-0.2, 0) is 11.4 Å². The topological polar surface area (TPSA) is 78.5 Å². The monoisotopic (exact) mass is 402 g/mol. The zero-order valence-electron chi connectivity index (χ0n) is 16.9. The van der Waals surface area contributed by atoms with E-state index < -0.39 is 0 Å². The minimum Gasteiger partial charge on any atom is -0.487 e. The molecule has 2 amide bonds. The summed E-state index contributed by atoms with van der Waals surface area (Å²) in [5, 5.41) is 6.88. The second-order valence-corrected chi connectivity index (χ2v) is 7.13. The Bertz CT molecular complexity index is 850. The van der Waals surface area contributed by atoms with Gasteiger partial charge in [0.05, 0.1) is 11.6 Å². The van der Waals surface area contributed by atoms with Crippen molar-refractivity contribution < 1.29 is 18.7 Å². The fourth-order valence-electron chi connectivity index (χ4n) is 3.58. The zero-order chi connectivity index (χ0) is 20.8. The third-order valence-corrected chi connectivity index (χ3v) is 5.17. The maximum atomic E-state index is 13.2. The second-order valence-electron chi connectivity index (χ2n) is 7.13. The Balaban J connectivity index is 1.59. The molecule has 156 valence electrons. The van der Waals surface area contributed by atoms with Gasteiger partial charge < -0.3 is 14.5 Å². The lowest BCUT2D eigenvalue weighted by molar-refractivity contribution is -0.136. The first-order chi connectivity index (χ1) is 14.0. The summed E-state index contributed by atoms with van der Waals surface area (Å²) in [6.45, 7) is 6.45. The highest BCUT2D eigenvalue weighted by atomic mass is 19.1. The summed E-state index contributed by atoms with van der Waals surface area (Å²) >= 11 is 0. The molecule has 1 aliphatic rings. The molecule has 8 heteroatoms. The number of H-pyrrole nitrogens is 1. The molecular formula is C21H27FN4O3. The number of carbonyl (C=O) groups excluding carboxylic acids is 2. The van der Waals surface area contributed by atoms with Gasteiger partial charge in [-0.25, -0.2) is 4.39 Å². The van der Waals surface area contributed by atoms with Crippen molar-refractivity contribution in [1.29, 1.82) is 0 Å². The van der Waals surface area contributed by atoms with Crippen molar-refractivity contribution in [3.8, 4) is 5.75 Å². The van der Waals surface area contributed by atoms with E-state index in [1.807, 2.05) is 18.7 Å². The first kappa shape index (κ1) is 20.8. The van der Waals surface area contributed by atoms with Gasteiger partial charge in [0.1, 0.15) is 18.2 Å². The smallest absolute Gasteiger partial charge is 0.274 e. The van der Waals surface area contributed by atoms with Gasteiger partial charge in [-0.1, -0.05) is 6.07 Å². The molecule has 3 rings (SSSR count). The highest BCUT2D eigenvalue weighted by molar-refractivity contribution is 5.93. The minimum atomic E-state index is -0.373. The van der Waals surface area contributed by atoms with Crippen molar-refractivity contribution in [2.24, 2.45) is 5.92 Å². The van der Waals surface area contributed by atoms with Crippen molar-refractivity contribution in [2.45, 2.75) is 33.3 Å². The van der Waals surface area contributed by atoms with E-state index in [0.29, 0.717) is 43.3 Å². The van der Waals surface area contributed by atoms with Crippen LogP contribution in [0.5, 0.6) is 5.75 Å². The summed E-state index contributed by atoms with van der Waals surface area (Å²) in [6, 6.07) is 7.50. The van der Waals surface area contributed by atoms with Crippen LogP contribution < -0.4 is 4.74 Å². The predicted octanol–water partition coefficient (Wildman–Crippen LogP) is 2.85. The van der Waals surface area contributed by atoms with Gasteiger partial charge in [-0.3, -0.25) is 14.7 Å². The molecule has 1 aliphatic heterocycles. The summed E-state index contributed by atoms with van der Waals surface area (Å²) in [5.74, 6) is -0.223. The van der Waals surface area contributed by atoms with Gasteiger partial charge in [0.25, 0.3) is 5.91 Å². The van der Waals surface area contributed by atoms with Crippen LogP contribution in [0.1, 0.15) is 42.9 Å². The van der Waals surface area contributed by atoms with Gasteiger partial charge in [0.15, 0.2) is 5.69 Å². The average molecular weight is 402 g/mol. The molecule has 1 saturated heterocycles. The molecule has 1 aromatic heterocycles. The van der Waals surface area contributed by atoms with Crippen LogP contribution in [0, 0.1) is 11.7 Å². The average Bonchev–Trinajstić information content (AvgIpc) is 3.22. The first-order valence-corrected chi connectivity index (χ1v) is 10.0. The number of aromatic amines is 1. The van der Waals surface area contributed by atoms with Gasteiger partial charge in [0.2, 0.25) is 5.91 Å². The molecule has 7 nitrogen and oxygen atoms in total. The minimum absolute atomic E-state index is 0.110. The van der Waals surface area contributed by atoms with Crippen molar-refractivity contribution in [3.05, 3.63) is 47.5 Å². The number of piperidine rings is 1. The summed E-state index contributed by atoms with van der Waals surface area (Å²) in [4.78, 5) is 29.0. The van der Waals surface area contributed by atoms with E-state index in [1.165, 1.54) is 12.1 Å². The Morgan fingerprint density at radius 1 is 1.31 bits per heavy atom. The maximum Gasteiger partial charge on any atom is 0.274 e. The number of ether oxygens (including phenoxy) is 1. The number of nitrogens with zero attached hydrogens (tertiary/aromatic N) is 3. The summed E-state index contributed by atoms with van der Waals surface area (Å²) in [6.07, 6.45) is 1.59. The molecule has 0 bridgehead atoms. The van der Waals surface area contributed by atoms with Crippen LogP contribution in [-0.4, -0.2) is 58.0 Å². The molecule has 1 fully saturated rings. The van der Waals surface area contributed by atoms with Crippen molar-refractivity contribution in [3.63, 3.8) is 0 Å². The molecule has 2 heterocycles. The van der Waals surface area contributed by atoms with Crippen LogP contribution in [0.3, 0.4) is 0 Å². The van der Waals surface area contributed by atoms with E-state index in [0.717, 1.165) is 12.8 Å². The van der Waals surface area contributed by atoms with E-state index in [-0.39, 0.29) is 30.2 Å². The van der Waals surface area contributed by atoms with Crippen molar-refractivity contribution >= 4 is 11.8 Å². The number of likely N-dealkylation sites (tertiary alicyclic amines) is 1. The summed E-state index contributed by atoms with van der Waals surface area (Å²) < 4.78 is 18.7. The first-order valence-electron chi connectivity index (χ1n) is 10.0. The van der Waals surface area contributed by atoms with Crippen LogP contribution in [0.15, 0.2) is 30.3 Å². The third kappa shape index (κ3) is 5.13. The van der Waals surface area contributed by atoms with E-state index in [1.54, 1.807) is 23.1 Å². The number of rotatable bonds is 7. The van der Waals surface area contributed by atoms with E-state index in [2.05, 4.69) is 10.2 Å². The number of hydrogen-bond acceptors (Lipinski definition) is 4. The number of benzene rings is 1. The number of nitrogens with one attached hydrogen (secondary N) is 1. The number of amides is 2. The lowest BCUT2D eigenvalue weighted by Crippen LogP contribution is -2.46. The van der Waals surface area contributed by atoms with Gasteiger partial charge in [-0.05, 0) is 44.9 Å². The highest BCUT2D eigenvalue weighted by Gasteiger charge is 2.31. The third-order valence-electron chi connectivity index (χ3n) is 5.17. The Kier molecular flexibility index (Phi) is 6.85. The molecule has 1 aromatic carbocycles. The Hall–Kier alpha value is -2.90. The standard InChI is InChI=1S/C21H27FN4O3/c1-3-25(4-2)20(27)15-7-6-10-26(13-15)21(28)19-12-17(23-24-19)14-29-18-9-5-8-16(22)11-18/h5,8-9,11-12,15H,3-4,6-7,10,13-14H2,1-2H3,(H,23,24)/t15-/m1/s1. The van der Waals surface area contributed by atoms with Gasteiger partial charge >= 0.3 is 0 Å². The Morgan fingerprint density at radius 3 is 2.83 bits per heavy atom. The van der Waals surface area contributed by atoms with Crippen molar-refractivity contribution in [2.75, 3.05) is 26.2 Å². The number of aromatic nitrogens is 2. The van der Waals surface area contributed by atoms with Crippen LogP contribution in [0.4, 0.5) is 4.39 Å². The molecule has 0 saturated carbocycles. The van der Waals surface area contributed by atoms with Gasteiger partial charge in [0, 0.05) is 32.2 Å².